The summed E-state index contributed by atoms with van der Waals surface area (Å²) in [7, 11) is 0. The van der Waals surface area contributed by atoms with Crippen molar-refractivity contribution in [1.29, 1.82) is 0 Å². The van der Waals surface area contributed by atoms with Crippen LogP contribution in [0.4, 0.5) is 0 Å². The van der Waals surface area contributed by atoms with Gasteiger partial charge in [0.1, 0.15) is 0 Å². The number of aliphatic hydroxyl groups is 2. The van der Waals surface area contributed by atoms with Crippen molar-refractivity contribution in [2.75, 3.05) is 13.2 Å². The smallest absolute Gasteiger partial charge is 0.300 e. The highest BCUT2D eigenvalue weighted by molar-refractivity contribution is 5.62. The van der Waals surface area contributed by atoms with Gasteiger partial charge in [0.05, 0.1) is 0 Å². The van der Waals surface area contributed by atoms with E-state index < -0.39 is 5.97 Å². The van der Waals surface area contributed by atoms with Gasteiger partial charge in [-0.15, -0.1) is 0 Å². The Bertz CT molecular complexity index is 80.1. The molecule has 0 spiro atoms. The van der Waals surface area contributed by atoms with Gasteiger partial charge in [-0.2, -0.15) is 0 Å². The monoisotopic (exact) mass is 208 g/mol. The number of rotatable bonds is 4. The molecule has 4 heteroatoms. The molecule has 0 radical (unpaired) electrons. The summed E-state index contributed by atoms with van der Waals surface area (Å²) in [6.45, 7) is 5.87. The van der Waals surface area contributed by atoms with Crippen molar-refractivity contribution < 1.29 is 20.1 Å². The summed E-state index contributed by atoms with van der Waals surface area (Å²) in [5.74, 6) is -0.833. The van der Waals surface area contributed by atoms with Crippen LogP contribution in [0.2, 0.25) is 0 Å². The van der Waals surface area contributed by atoms with Crippen molar-refractivity contribution in [2.24, 2.45) is 0 Å². The zero-order valence-electron chi connectivity index (χ0n) is 9.49. The minimum absolute atomic E-state index is 0.344. The summed E-state index contributed by atoms with van der Waals surface area (Å²) in [6.07, 6.45) is 4.08. The molecule has 0 saturated heterocycles. The number of unbranched alkanes of at least 4 members (excludes halogenated alkanes) is 2. The van der Waals surface area contributed by atoms with Crippen molar-refractivity contribution in [3.63, 3.8) is 0 Å². The van der Waals surface area contributed by atoms with E-state index in [0.29, 0.717) is 13.2 Å². The molecule has 14 heavy (non-hydrogen) atoms. The first-order chi connectivity index (χ1) is 6.56. The second-order valence-electron chi connectivity index (χ2n) is 2.67. The van der Waals surface area contributed by atoms with Gasteiger partial charge in [-0.3, -0.25) is 4.79 Å². The van der Waals surface area contributed by atoms with Crippen LogP contribution in [0.25, 0.3) is 0 Å². The maximum Gasteiger partial charge on any atom is 0.300 e. The van der Waals surface area contributed by atoms with Crippen molar-refractivity contribution in [1.82, 2.24) is 0 Å². The van der Waals surface area contributed by atoms with E-state index in [1.807, 2.05) is 0 Å². The van der Waals surface area contributed by atoms with Gasteiger partial charge in [0.2, 0.25) is 0 Å². The number of carboxylic acids is 1. The van der Waals surface area contributed by atoms with E-state index in [0.717, 1.165) is 32.6 Å². The highest BCUT2D eigenvalue weighted by Gasteiger charge is 1.69. The Morgan fingerprint density at radius 2 is 1.21 bits per heavy atom. The SMILES string of the molecule is CC(=O)O.CCCCO.CCCCO. The van der Waals surface area contributed by atoms with E-state index in [4.69, 9.17) is 20.1 Å². The van der Waals surface area contributed by atoms with Crippen LogP contribution >= 0.6 is 0 Å². The summed E-state index contributed by atoms with van der Waals surface area (Å²) in [5.41, 5.74) is 0. The quantitative estimate of drug-likeness (QED) is 0.656. The average Bonchev–Trinajstić information content (AvgIpc) is 2.07. The minimum Gasteiger partial charge on any atom is -0.481 e. The first kappa shape index (κ1) is 19.0. The van der Waals surface area contributed by atoms with Gasteiger partial charge in [-0.1, -0.05) is 26.7 Å². The van der Waals surface area contributed by atoms with Crippen molar-refractivity contribution >= 4 is 5.97 Å². The summed E-state index contributed by atoms with van der Waals surface area (Å²) in [5, 5.41) is 23.5. The zero-order chi connectivity index (χ0) is 11.8. The molecule has 0 aromatic heterocycles. The topological polar surface area (TPSA) is 77.8 Å². The third-order valence-corrected chi connectivity index (χ3v) is 1.02. The number of aliphatic carboxylic acids is 1. The lowest BCUT2D eigenvalue weighted by Gasteiger charge is -1.79. The summed E-state index contributed by atoms with van der Waals surface area (Å²) in [4.78, 5) is 9.00. The molecule has 0 amide bonds. The third kappa shape index (κ3) is 107. The fourth-order valence-corrected chi connectivity index (χ4v) is 0.316. The average molecular weight is 208 g/mol. The van der Waals surface area contributed by atoms with E-state index in [1.165, 1.54) is 0 Å². The molecular weight excluding hydrogens is 184 g/mol. The molecule has 0 atom stereocenters. The van der Waals surface area contributed by atoms with Gasteiger partial charge < -0.3 is 15.3 Å². The third-order valence-electron chi connectivity index (χ3n) is 1.02. The first-order valence-corrected chi connectivity index (χ1v) is 4.97. The molecule has 0 rings (SSSR count). The van der Waals surface area contributed by atoms with E-state index in [-0.39, 0.29) is 0 Å². The maximum atomic E-state index is 9.00. The van der Waals surface area contributed by atoms with Gasteiger partial charge >= 0.3 is 0 Å². The van der Waals surface area contributed by atoms with E-state index in [2.05, 4.69) is 13.8 Å². The van der Waals surface area contributed by atoms with Crippen molar-refractivity contribution in [2.45, 2.75) is 46.5 Å². The van der Waals surface area contributed by atoms with Gasteiger partial charge in [-0.25, -0.2) is 0 Å². The van der Waals surface area contributed by atoms with Gasteiger partial charge in [-0.05, 0) is 12.8 Å². The summed E-state index contributed by atoms with van der Waals surface area (Å²) in [6, 6.07) is 0. The Labute approximate surface area is 86.6 Å². The summed E-state index contributed by atoms with van der Waals surface area (Å²) < 4.78 is 0. The van der Waals surface area contributed by atoms with Crippen LogP contribution in [0.1, 0.15) is 46.5 Å². The molecule has 0 aromatic carbocycles. The fourth-order valence-electron chi connectivity index (χ4n) is 0.316. The van der Waals surface area contributed by atoms with Crippen LogP contribution in [0, 0.1) is 0 Å². The van der Waals surface area contributed by atoms with Crippen LogP contribution in [0.15, 0.2) is 0 Å². The van der Waals surface area contributed by atoms with Gasteiger partial charge in [0.15, 0.2) is 0 Å². The number of hydrogen-bond donors (Lipinski definition) is 3. The molecule has 88 valence electrons. The van der Waals surface area contributed by atoms with E-state index in [9.17, 15) is 0 Å². The lowest BCUT2D eigenvalue weighted by molar-refractivity contribution is -0.134. The van der Waals surface area contributed by atoms with Crippen LogP contribution < -0.4 is 0 Å². The lowest BCUT2D eigenvalue weighted by atomic mass is 10.4. The Kier molecular flexibility index (Phi) is 31.1. The Balaban J connectivity index is -0.000000131. The molecule has 4 nitrogen and oxygen atoms in total. The molecule has 0 bridgehead atoms. The molecule has 0 unspecified atom stereocenters. The molecular formula is C10H24O4. The highest BCUT2D eigenvalue weighted by Crippen LogP contribution is 1.79. The number of carboxylic acid groups (broad SMARTS) is 1. The van der Waals surface area contributed by atoms with Crippen molar-refractivity contribution in [3.8, 4) is 0 Å². The first-order valence-electron chi connectivity index (χ1n) is 4.97. The predicted molar refractivity (Wildman–Crippen MR) is 57.3 cm³/mol. The normalized spacial score (nSPS) is 7.79. The van der Waals surface area contributed by atoms with Crippen LogP contribution in [-0.2, 0) is 4.79 Å². The molecule has 0 aliphatic heterocycles. The number of hydrogen-bond acceptors (Lipinski definition) is 3. The van der Waals surface area contributed by atoms with E-state index in [1.54, 1.807) is 0 Å². The molecule has 0 aliphatic rings. The van der Waals surface area contributed by atoms with Crippen LogP contribution in [0.5, 0.6) is 0 Å². The zero-order valence-corrected chi connectivity index (χ0v) is 9.49. The number of carbonyl (C=O) groups is 1. The van der Waals surface area contributed by atoms with Crippen molar-refractivity contribution in [3.05, 3.63) is 0 Å². The summed E-state index contributed by atoms with van der Waals surface area (Å²) >= 11 is 0. The Morgan fingerprint density at radius 3 is 1.21 bits per heavy atom. The van der Waals surface area contributed by atoms with Gasteiger partial charge in [0, 0.05) is 20.1 Å². The molecule has 3 N–H and O–H groups in total. The molecule has 0 aliphatic carbocycles. The Morgan fingerprint density at radius 1 is 1.00 bits per heavy atom. The highest BCUT2D eigenvalue weighted by atomic mass is 16.4. The predicted octanol–water partition coefficient (Wildman–Crippen LogP) is 1.65. The molecule has 0 fully saturated rings. The Hall–Kier alpha value is -0.610. The molecule has 0 aromatic rings. The standard InChI is InChI=1S/2C4H10O.C2H4O2/c2*1-2-3-4-5;1-2(3)4/h2*5H,2-4H2,1H3;1H3,(H,3,4). The number of aliphatic hydroxyl groups excluding tert-OH is 2. The second kappa shape index (κ2) is 22.8. The lowest BCUT2D eigenvalue weighted by Crippen LogP contribution is -1.78. The van der Waals surface area contributed by atoms with E-state index >= 15 is 0 Å². The molecule has 0 heterocycles. The maximum absolute atomic E-state index is 9.00. The van der Waals surface area contributed by atoms with Crippen LogP contribution in [0.3, 0.4) is 0 Å². The van der Waals surface area contributed by atoms with Crippen LogP contribution in [-0.4, -0.2) is 34.5 Å². The largest absolute Gasteiger partial charge is 0.481 e. The van der Waals surface area contributed by atoms with Gasteiger partial charge in [0.25, 0.3) is 5.97 Å². The second-order valence-corrected chi connectivity index (χ2v) is 2.67. The molecule has 0 saturated carbocycles. The minimum atomic E-state index is -0.833. The fraction of sp³-hybridized carbons (Fsp3) is 0.900.